The second-order valence-corrected chi connectivity index (χ2v) is 9.17. The first-order valence-corrected chi connectivity index (χ1v) is 11.5. The third kappa shape index (κ3) is 6.81. The van der Waals surface area contributed by atoms with Crippen molar-refractivity contribution >= 4 is 23.5 Å². The summed E-state index contributed by atoms with van der Waals surface area (Å²) >= 11 is 0. The third-order valence-electron chi connectivity index (χ3n) is 5.86. The predicted octanol–water partition coefficient (Wildman–Crippen LogP) is 2.71. The van der Waals surface area contributed by atoms with Crippen molar-refractivity contribution in [1.29, 1.82) is 0 Å². The maximum absolute atomic E-state index is 13.7. The number of imide groups is 1. The Bertz CT molecular complexity index is 925. The summed E-state index contributed by atoms with van der Waals surface area (Å²) in [6.07, 6.45) is -4.34. The van der Waals surface area contributed by atoms with Crippen LogP contribution >= 0.6 is 0 Å². The molecule has 1 fully saturated rings. The number of hydrogen-bond donors (Lipinski definition) is 2. The fourth-order valence-corrected chi connectivity index (χ4v) is 3.96. The van der Waals surface area contributed by atoms with Crippen molar-refractivity contribution in [3.05, 3.63) is 29.8 Å². The van der Waals surface area contributed by atoms with Crippen LogP contribution in [0.1, 0.15) is 50.9 Å². The lowest BCUT2D eigenvalue weighted by Gasteiger charge is -2.37. The summed E-state index contributed by atoms with van der Waals surface area (Å²) in [6, 6.07) is 1.70. The molecule has 2 N–H and O–H groups in total. The molecular weight excluding hydrogens is 467 g/mol. The summed E-state index contributed by atoms with van der Waals surface area (Å²) in [4.78, 5) is 52.6. The fourth-order valence-electron chi connectivity index (χ4n) is 3.96. The van der Waals surface area contributed by atoms with Crippen molar-refractivity contribution < 1.29 is 37.1 Å². The minimum Gasteiger partial charge on any atom is -0.497 e. The van der Waals surface area contributed by atoms with Crippen LogP contribution in [0, 0.1) is 11.8 Å². The first-order chi connectivity index (χ1) is 16.3. The van der Waals surface area contributed by atoms with Gasteiger partial charge in [-0.15, -0.1) is 0 Å². The standard InChI is InChI=1S/C24H32F3N3O5/c1-13(2)18(29-21(32)15-8-10-16(35-5)11-9-15)23(34)30(22(33)17-7-6-12-28-17)19(14(3)4)20(31)24(25,26)27/h8-11,13-14,17-19,28H,6-7,12H2,1-5H3,(H,29,32)/t17?,18-,19-/m0/s1. The first-order valence-electron chi connectivity index (χ1n) is 11.5. The van der Waals surface area contributed by atoms with Crippen LogP contribution < -0.4 is 15.4 Å². The summed E-state index contributed by atoms with van der Waals surface area (Å²) < 4.78 is 45.5. The van der Waals surface area contributed by atoms with Crippen LogP contribution in [0.5, 0.6) is 5.75 Å². The van der Waals surface area contributed by atoms with E-state index < -0.39 is 59.6 Å². The average Bonchev–Trinajstić information content (AvgIpc) is 3.33. The molecule has 0 aromatic heterocycles. The minimum atomic E-state index is -5.25. The number of amides is 3. The van der Waals surface area contributed by atoms with Gasteiger partial charge in [0.15, 0.2) is 0 Å². The largest absolute Gasteiger partial charge is 0.497 e. The number of ether oxygens (including phenoxy) is 1. The Morgan fingerprint density at radius 3 is 2.09 bits per heavy atom. The number of benzene rings is 1. The third-order valence-corrected chi connectivity index (χ3v) is 5.86. The molecule has 0 radical (unpaired) electrons. The summed E-state index contributed by atoms with van der Waals surface area (Å²) in [5.74, 6) is -5.91. The zero-order valence-corrected chi connectivity index (χ0v) is 20.4. The van der Waals surface area contributed by atoms with Crippen LogP contribution in [0.4, 0.5) is 13.2 Å². The quantitative estimate of drug-likeness (QED) is 0.542. The monoisotopic (exact) mass is 499 g/mol. The molecule has 1 aliphatic heterocycles. The van der Waals surface area contributed by atoms with E-state index >= 15 is 0 Å². The van der Waals surface area contributed by atoms with Gasteiger partial charge in [0.05, 0.1) is 13.2 Å². The van der Waals surface area contributed by atoms with E-state index in [1.807, 2.05) is 0 Å². The van der Waals surface area contributed by atoms with Gasteiger partial charge in [-0.2, -0.15) is 13.2 Å². The summed E-state index contributed by atoms with van der Waals surface area (Å²) in [5, 5.41) is 5.40. The van der Waals surface area contributed by atoms with Crippen molar-refractivity contribution in [2.45, 2.75) is 64.8 Å². The molecule has 1 heterocycles. The van der Waals surface area contributed by atoms with E-state index in [2.05, 4.69) is 10.6 Å². The SMILES string of the molecule is COc1ccc(C(=O)N[C@H](C(=O)N(C(=O)C2CCCN2)[C@H](C(=O)C(F)(F)F)C(C)C)C(C)C)cc1. The molecule has 194 valence electrons. The molecule has 1 saturated heterocycles. The molecule has 0 saturated carbocycles. The Morgan fingerprint density at radius 1 is 1.06 bits per heavy atom. The van der Waals surface area contributed by atoms with Crippen molar-refractivity contribution in [2.75, 3.05) is 13.7 Å². The first kappa shape index (κ1) is 28.3. The van der Waals surface area contributed by atoms with E-state index in [0.717, 1.165) is 0 Å². The lowest BCUT2D eigenvalue weighted by molar-refractivity contribution is -0.182. The van der Waals surface area contributed by atoms with Crippen molar-refractivity contribution in [1.82, 2.24) is 15.5 Å². The lowest BCUT2D eigenvalue weighted by atomic mass is 9.93. The molecule has 3 atom stereocenters. The molecule has 1 aromatic rings. The normalized spacial score (nSPS) is 17.7. The van der Waals surface area contributed by atoms with Crippen molar-refractivity contribution in [3.63, 3.8) is 0 Å². The number of carbonyl (C=O) groups is 4. The molecule has 1 unspecified atom stereocenters. The summed E-state index contributed by atoms with van der Waals surface area (Å²) in [5.41, 5.74) is 0.186. The van der Waals surface area contributed by atoms with E-state index in [-0.39, 0.29) is 5.56 Å². The molecule has 8 nitrogen and oxygen atoms in total. The van der Waals surface area contributed by atoms with E-state index in [4.69, 9.17) is 4.74 Å². The number of methoxy groups -OCH3 is 1. The summed E-state index contributed by atoms with van der Waals surface area (Å²) in [7, 11) is 1.46. The highest BCUT2D eigenvalue weighted by Crippen LogP contribution is 2.27. The van der Waals surface area contributed by atoms with Crippen LogP contribution in [0.15, 0.2) is 24.3 Å². The zero-order valence-electron chi connectivity index (χ0n) is 20.4. The summed E-state index contributed by atoms with van der Waals surface area (Å²) in [6.45, 7) is 6.31. The number of alkyl halides is 3. The zero-order chi connectivity index (χ0) is 26.5. The second kappa shape index (κ2) is 11.7. The van der Waals surface area contributed by atoms with Gasteiger partial charge in [-0.3, -0.25) is 24.1 Å². The molecular formula is C24H32F3N3O5. The number of Topliss-reactive ketones (excluding diaryl/α,β-unsaturated/α-hetero) is 1. The average molecular weight is 500 g/mol. The van der Waals surface area contributed by atoms with Gasteiger partial charge in [0.2, 0.25) is 5.91 Å². The van der Waals surface area contributed by atoms with Gasteiger partial charge in [-0.05, 0) is 55.5 Å². The number of nitrogens with one attached hydrogen (secondary N) is 2. The van der Waals surface area contributed by atoms with Crippen LogP contribution in [0.2, 0.25) is 0 Å². The van der Waals surface area contributed by atoms with Gasteiger partial charge < -0.3 is 15.4 Å². The number of carbonyl (C=O) groups excluding carboxylic acids is 4. The molecule has 2 rings (SSSR count). The molecule has 0 bridgehead atoms. The molecule has 3 amide bonds. The Kier molecular flexibility index (Phi) is 9.42. The highest BCUT2D eigenvalue weighted by atomic mass is 19.4. The van der Waals surface area contributed by atoms with Gasteiger partial charge >= 0.3 is 6.18 Å². The number of rotatable bonds is 9. The molecule has 1 aromatic carbocycles. The van der Waals surface area contributed by atoms with Crippen LogP contribution in [0.25, 0.3) is 0 Å². The highest BCUT2D eigenvalue weighted by Gasteiger charge is 2.51. The van der Waals surface area contributed by atoms with Gasteiger partial charge in [-0.25, -0.2) is 0 Å². The molecule has 11 heteroatoms. The molecule has 35 heavy (non-hydrogen) atoms. The van der Waals surface area contributed by atoms with E-state index in [1.165, 1.54) is 33.1 Å². The van der Waals surface area contributed by atoms with Crippen LogP contribution in [-0.4, -0.2) is 66.4 Å². The lowest BCUT2D eigenvalue weighted by Crippen LogP contribution is -2.63. The van der Waals surface area contributed by atoms with Gasteiger partial charge in [0, 0.05) is 5.56 Å². The molecule has 1 aliphatic rings. The van der Waals surface area contributed by atoms with Gasteiger partial charge in [0.1, 0.15) is 17.8 Å². The number of ketones is 1. The van der Waals surface area contributed by atoms with Gasteiger partial charge in [-0.1, -0.05) is 27.7 Å². The smallest absolute Gasteiger partial charge is 0.452 e. The number of hydrogen-bond acceptors (Lipinski definition) is 6. The minimum absolute atomic E-state index is 0.186. The van der Waals surface area contributed by atoms with E-state index in [9.17, 15) is 32.3 Å². The topological polar surface area (TPSA) is 105 Å². The van der Waals surface area contributed by atoms with Crippen molar-refractivity contribution in [3.8, 4) is 5.75 Å². The fraction of sp³-hybridized carbons (Fsp3) is 0.583. The number of halogens is 3. The highest BCUT2D eigenvalue weighted by molar-refractivity contribution is 6.07. The maximum Gasteiger partial charge on any atom is 0.452 e. The van der Waals surface area contributed by atoms with E-state index in [1.54, 1.807) is 26.0 Å². The van der Waals surface area contributed by atoms with E-state index in [0.29, 0.717) is 30.0 Å². The molecule has 0 aliphatic carbocycles. The Balaban J connectivity index is 2.45. The molecule has 0 spiro atoms. The Hall–Kier alpha value is -2.95. The maximum atomic E-state index is 13.7. The van der Waals surface area contributed by atoms with Gasteiger partial charge in [0.25, 0.3) is 17.6 Å². The van der Waals surface area contributed by atoms with Crippen molar-refractivity contribution in [2.24, 2.45) is 11.8 Å². The second-order valence-electron chi connectivity index (χ2n) is 9.17. The van der Waals surface area contributed by atoms with Crippen LogP contribution in [0.3, 0.4) is 0 Å². The predicted molar refractivity (Wildman–Crippen MR) is 122 cm³/mol. The Morgan fingerprint density at radius 2 is 1.66 bits per heavy atom. The van der Waals surface area contributed by atoms with Crippen LogP contribution in [-0.2, 0) is 14.4 Å². The number of nitrogens with zero attached hydrogens (tertiary/aromatic N) is 1. The Labute approximate surface area is 202 Å².